The van der Waals surface area contributed by atoms with Crippen molar-refractivity contribution in [2.45, 2.75) is 32.6 Å². The summed E-state index contributed by atoms with van der Waals surface area (Å²) in [5.74, 6) is -0.885. The van der Waals surface area contributed by atoms with E-state index in [9.17, 15) is 13.2 Å². The minimum atomic E-state index is -3.89. The molecule has 1 aromatic heterocycles. The topological polar surface area (TPSA) is 110 Å². The van der Waals surface area contributed by atoms with E-state index in [0.29, 0.717) is 17.0 Å². The van der Waals surface area contributed by atoms with Crippen molar-refractivity contribution in [3.8, 4) is 0 Å². The average molecular weight is 262 g/mol. The summed E-state index contributed by atoms with van der Waals surface area (Å²) in [7, 11) is -3.89. The molecule has 1 atom stereocenters. The van der Waals surface area contributed by atoms with Crippen LogP contribution < -0.4 is 4.72 Å². The summed E-state index contributed by atoms with van der Waals surface area (Å²) >= 11 is 0. The van der Waals surface area contributed by atoms with Crippen LogP contribution in [0.2, 0.25) is 0 Å². The monoisotopic (exact) mass is 262 g/mol. The Hall–Kier alpha value is -1.41. The van der Waals surface area contributed by atoms with Gasteiger partial charge in [0, 0.05) is 12.1 Å². The lowest BCUT2D eigenvalue weighted by Gasteiger charge is -2.09. The average Bonchev–Trinajstić information content (AvgIpc) is 2.55. The van der Waals surface area contributed by atoms with Crippen LogP contribution in [0.3, 0.4) is 0 Å². The zero-order valence-corrected chi connectivity index (χ0v) is 10.5. The van der Waals surface area contributed by atoms with E-state index in [-0.39, 0.29) is 6.54 Å². The first-order chi connectivity index (χ1) is 7.75. The molecule has 0 saturated carbocycles. The highest BCUT2D eigenvalue weighted by Crippen LogP contribution is 2.12. The maximum Gasteiger partial charge on any atom is 0.323 e. The minimum Gasteiger partial charge on any atom is -0.480 e. The van der Waals surface area contributed by atoms with Gasteiger partial charge in [-0.15, -0.1) is 0 Å². The molecule has 8 heteroatoms. The molecule has 0 bridgehead atoms. The molecule has 0 amide bonds. The molecule has 2 N–H and O–H groups in total. The van der Waals surface area contributed by atoms with Crippen LogP contribution in [0.4, 0.5) is 0 Å². The van der Waals surface area contributed by atoms with Crippen LogP contribution >= 0.6 is 0 Å². The Morgan fingerprint density at radius 3 is 2.53 bits per heavy atom. The number of hydrogen-bond donors (Lipinski definition) is 2. The van der Waals surface area contributed by atoms with Gasteiger partial charge in [-0.1, -0.05) is 5.16 Å². The normalized spacial score (nSPS) is 13.6. The van der Waals surface area contributed by atoms with Crippen molar-refractivity contribution in [3.63, 3.8) is 0 Å². The zero-order valence-electron chi connectivity index (χ0n) is 9.72. The van der Waals surface area contributed by atoms with Gasteiger partial charge >= 0.3 is 5.97 Å². The van der Waals surface area contributed by atoms with Crippen molar-refractivity contribution in [1.82, 2.24) is 9.88 Å². The highest BCUT2D eigenvalue weighted by atomic mass is 32.2. The highest BCUT2D eigenvalue weighted by molar-refractivity contribution is 7.90. The van der Waals surface area contributed by atoms with Gasteiger partial charge in [-0.25, -0.2) is 13.1 Å². The van der Waals surface area contributed by atoms with Crippen LogP contribution in [-0.4, -0.2) is 29.9 Å². The molecule has 0 aliphatic carbocycles. The molecule has 0 aromatic carbocycles. The molecule has 0 aliphatic rings. The van der Waals surface area contributed by atoms with Gasteiger partial charge in [0.25, 0.3) is 0 Å². The molecule has 1 unspecified atom stereocenters. The van der Waals surface area contributed by atoms with Crippen molar-refractivity contribution in [1.29, 1.82) is 0 Å². The number of rotatable bonds is 5. The van der Waals surface area contributed by atoms with Crippen LogP contribution in [0.1, 0.15) is 23.9 Å². The van der Waals surface area contributed by atoms with Crippen LogP contribution in [0.25, 0.3) is 0 Å². The molecule has 1 rings (SSSR count). The van der Waals surface area contributed by atoms with Gasteiger partial charge in [-0.3, -0.25) is 4.79 Å². The quantitative estimate of drug-likeness (QED) is 0.783. The van der Waals surface area contributed by atoms with Gasteiger partial charge in [0.05, 0.1) is 5.69 Å². The molecular weight excluding hydrogens is 248 g/mol. The SMILES string of the molecule is Cc1noc(C)c1CNS(=O)(=O)C(C)C(=O)O. The molecule has 0 fully saturated rings. The van der Waals surface area contributed by atoms with Gasteiger partial charge in [0.1, 0.15) is 5.76 Å². The van der Waals surface area contributed by atoms with E-state index in [2.05, 4.69) is 9.88 Å². The number of carboxylic acids is 1. The third kappa shape index (κ3) is 3.04. The number of nitrogens with zero attached hydrogens (tertiary/aromatic N) is 1. The van der Waals surface area contributed by atoms with Crippen molar-refractivity contribution in [2.24, 2.45) is 0 Å². The number of nitrogens with one attached hydrogen (secondary N) is 1. The molecule has 0 radical (unpaired) electrons. The van der Waals surface area contributed by atoms with Crippen molar-refractivity contribution in [3.05, 3.63) is 17.0 Å². The number of carboxylic acid groups (broad SMARTS) is 1. The summed E-state index contributed by atoms with van der Waals surface area (Å²) in [6, 6.07) is 0. The standard InChI is InChI=1S/C9H14N2O5S/c1-5-8(6(2)16-11-5)4-10-17(14,15)7(3)9(12)13/h7,10H,4H2,1-3H3,(H,12,13). The summed E-state index contributed by atoms with van der Waals surface area (Å²) in [5.41, 5.74) is 1.19. The summed E-state index contributed by atoms with van der Waals surface area (Å²) in [6.07, 6.45) is 0. The highest BCUT2D eigenvalue weighted by Gasteiger charge is 2.27. The first kappa shape index (κ1) is 13.7. The van der Waals surface area contributed by atoms with Gasteiger partial charge < -0.3 is 9.63 Å². The summed E-state index contributed by atoms with van der Waals surface area (Å²) < 4.78 is 30.2. The van der Waals surface area contributed by atoms with Crippen molar-refractivity contribution in [2.75, 3.05) is 0 Å². The lowest BCUT2D eigenvalue weighted by Crippen LogP contribution is -2.37. The van der Waals surface area contributed by atoms with Gasteiger partial charge in [-0.05, 0) is 20.8 Å². The van der Waals surface area contributed by atoms with Crippen LogP contribution in [0.5, 0.6) is 0 Å². The number of carbonyl (C=O) groups is 1. The van der Waals surface area contributed by atoms with E-state index in [1.807, 2.05) is 0 Å². The second kappa shape index (κ2) is 4.84. The number of aliphatic carboxylic acids is 1. The van der Waals surface area contributed by atoms with Crippen molar-refractivity contribution >= 4 is 16.0 Å². The second-order valence-electron chi connectivity index (χ2n) is 3.65. The van der Waals surface area contributed by atoms with Crippen LogP contribution in [-0.2, 0) is 21.4 Å². The fourth-order valence-electron chi connectivity index (χ4n) is 1.18. The molecule has 0 spiro atoms. The molecular formula is C9H14N2O5S. The maximum atomic E-state index is 11.5. The van der Waals surface area contributed by atoms with Crippen molar-refractivity contribution < 1.29 is 22.8 Å². The first-order valence-electron chi connectivity index (χ1n) is 4.88. The Labute approximate surface area is 98.9 Å². The molecule has 17 heavy (non-hydrogen) atoms. The molecule has 96 valence electrons. The van der Waals surface area contributed by atoms with E-state index in [0.717, 1.165) is 6.92 Å². The number of aryl methyl sites for hydroxylation is 2. The van der Waals surface area contributed by atoms with Gasteiger partial charge in [0.15, 0.2) is 5.25 Å². The van der Waals surface area contributed by atoms with E-state index in [1.54, 1.807) is 13.8 Å². The molecule has 0 saturated heterocycles. The third-order valence-corrected chi connectivity index (χ3v) is 4.12. The largest absolute Gasteiger partial charge is 0.480 e. The van der Waals surface area contributed by atoms with Crippen LogP contribution in [0, 0.1) is 13.8 Å². The second-order valence-corrected chi connectivity index (χ2v) is 5.74. The lowest BCUT2D eigenvalue weighted by atomic mass is 10.2. The minimum absolute atomic E-state index is 0.0267. The molecule has 0 aliphatic heterocycles. The predicted molar refractivity (Wildman–Crippen MR) is 58.8 cm³/mol. The van der Waals surface area contributed by atoms with Gasteiger partial charge in [-0.2, -0.15) is 0 Å². The number of aromatic nitrogens is 1. The molecule has 1 heterocycles. The van der Waals surface area contributed by atoms with E-state index >= 15 is 0 Å². The van der Waals surface area contributed by atoms with Crippen LogP contribution in [0.15, 0.2) is 4.52 Å². The lowest BCUT2D eigenvalue weighted by molar-refractivity contribution is -0.136. The first-order valence-corrected chi connectivity index (χ1v) is 6.43. The fourth-order valence-corrected chi connectivity index (χ4v) is 2.05. The third-order valence-electron chi connectivity index (χ3n) is 2.44. The molecule has 7 nitrogen and oxygen atoms in total. The number of sulfonamides is 1. The Balaban J connectivity index is 2.78. The zero-order chi connectivity index (χ0) is 13.2. The van der Waals surface area contributed by atoms with E-state index in [1.165, 1.54) is 0 Å². The Bertz CT molecular complexity index is 500. The fraction of sp³-hybridized carbons (Fsp3) is 0.556. The number of hydrogen-bond acceptors (Lipinski definition) is 5. The summed E-state index contributed by atoms with van der Waals surface area (Å²) in [4.78, 5) is 10.6. The predicted octanol–water partition coefficient (Wildman–Crippen LogP) is 0.184. The molecule has 1 aromatic rings. The van der Waals surface area contributed by atoms with Gasteiger partial charge in [0.2, 0.25) is 10.0 Å². The smallest absolute Gasteiger partial charge is 0.323 e. The summed E-state index contributed by atoms with van der Waals surface area (Å²) in [5, 5.41) is 10.8. The Morgan fingerprint density at radius 1 is 1.53 bits per heavy atom. The Kier molecular flexibility index (Phi) is 3.89. The maximum absolute atomic E-state index is 11.5. The Morgan fingerprint density at radius 2 is 2.12 bits per heavy atom. The van der Waals surface area contributed by atoms with E-state index < -0.39 is 21.2 Å². The summed E-state index contributed by atoms with van der Waals surface area (Å²) in [6.45, 7) is 4.42. The van der Waals surface area contributed by atoms with E-state index in [4.69, 9.17) is 9.63 Å².